The van der Waals surface area contributed by atoms with Crippen molar-refractivity contribution in [3.05, 3.63) is 58.1 Å². The van der Waals surface area contributed by atoms with Gasteiger partial charge in [0.1, 0.15) is 4.90 Å². The summed E-state index contributed by atoms with van der Waals surface area (Å²) in [5.41, 5.74) is 2.59. The molecule has 1 amide bonds. The summed E-state index contributed by atoms with van der Waals surface area (Å²) in [6.45, 7) is 3.33. The third-order valence-electron chi connectivity index (χ3n) is 3.60. The highest BCUT2D eigenvalue weighted by atomic mass is 35.5. The summed E-state index contributed by atoms with van der Waals surface area (Å²) in [6.07, 6.45) is 0. The number of aryl methyl sites for hydroxylation is 2. The average Bonchev–Trinajstić information content (AvgIpc) is 2.55. The van der Waals surface area contributed by atoms with Crippen molar-refractivity contribution >= 4 is 39.2 Å². The highest BCUT2D eigenvalue weighted by Crippen LogP contribution is 2.22. The van der Waals surface area contributed by atoms with Crippen molar-refractivity contribution in [3.63, 3.8) is 0 Å². The van der Waals surface area contributed by atoms with Gasteiger partial charge in [0, 0.05) is 5.69 Å². The van der Waals surface area contributed by atoms with Crippen molar-refractivity contribution < 1.29 is 22.7 Å². The standard InChI is InChI=1S/C17H17ClN2O5S/c1-10-3-5-13(7-11(10)2)20-16(21)9-25-17(22)12-4-6-14(18)15(8-12)26(19,23)24/h3-8H,9H2,1-2H3,(H,20,21)(H2,19,23,24). The first-order chi connectivity index (χ1) is 12.1. The van der Waals surface area contributed by atoms with Crippen molar-refractivity contribution in [2.24, 2.45) is 5.14 Å². The number of esters is 1. The molecule has 0 aromatic heterocycles. The van der Waals surface area contributed by atoms with E-state index in [2.05, 4.69) is 5.32 Å². The van der Waals surface area contributed by atoms with Gasteiger partial charge in [-0.25, -0.2) is 18.4 Å². The molecule has 0 aliphatic rings. The molecule has 0 saturated carbocycles. The molecule has 0 bridgehead atoms. The second-order valence-corrected chi connectivity index (χ2v) is 7.55. The molecular formula is C17H17ClN2O5S. The summed E-state index contributed by atoms with van der Waals surface area (Å²) in [5, 5.41) is 7.52. The van der Waals surface area contributed by atoms with Crippen LogP contribution in [0.5, 0.6) is 0 Å². The molecule has 7 nitrogen and oxygen atoms in total. The Bertz CT molecular complexity index is 973. The number of nitrogens with one attached hydrogen (secondary N) is 1. The smallest absolute Gasteiger partial charge is 0.338 e. The molecule has 0 radical (unpaired) electrons. The maximum absolute atomic E-state index is 12.0. The summed E-state index contributed by atoms with van der Waals surface area (Å²) in [7, 11) is -4.09. The number of sulfonamides is 1. The number of primary sulfonamides is 1. The minimum atomic E-state index is -4.09. The lowest BCUT2D eigenvalue weighted by Crippen LogP contribution is -2.21. The van der Waals surface area contributed by atoms with Crippen LogP contribution in [-0.4, -0.2) is 26.9 Å². The van der Waals surface area contributed by atoms with Crippen molar-refractivity contribution in [2.75, 3.05) is 11.9 Å². The van der Waals surface area contributed by atoms with Crippen molar-refractivity contribution in [2.45, 2.75) is 18.7 Å². The van der Waals surface area contributed by atoms with Crippen LogP contribution in [0.25, 0.3) is 0 Å². The number of amides is 1. The Labute approximate surface area is 156 Å². The molecule has 0 fully saturated rings. The maximum atomic E-state index is 12.0. The van der Waals surface area contributed by atoms with Crippen LogP contribution in [0.1, 0.15) is 21.5 Å². The normalized spacial score (nSPS) is 11.1. The first-order valence-electron chi connectivity index (χ1n) is 7.44. The van der Waals surface area contributed by atoms with Gasteiger partial charge in [-0.05, 0) is 55.3 Å². The number of halogens is 1. The van der Waals surface area contributed by atoms with E-state index < -0.39 is 33.4 Å². The molecule has 0 unspecified atom stereocenters. The number of carbonyl (C=O) groups excluding carboxylic acids is 2. The fourth-order valence-electron chi connectivity index (χ4n) is 2.08. The molecular weight excluding hydrogens is 380 g/mol. The Morgan fingerprint density at radius 1 is 1.12 bits per heavy atom. The highest BCUT2D eigenvalue weighted by molar-refractivity contribution is 7.89. The monoisotopic (exact) mass is 396 g/mol. The number of rotatable bonds is 5. The lowest BCUT2D eigenvalue weighted by atomic mass is 10.1. The van der Waals surface area contributed by atoms with E-state index in [1.54, 1.807) is 12.1 Å². The third-order valence-corrected chi connectivity index (χ3v) is 4.99. The van der Waals surface area contributed by atoms with E-state index in [-0.39, 0.29) is 10.6 Å². The molecule has 2 aromatic carbocycles. The maximum Gasteiger partial charge on any atom is 0.338 e. The van der Waals surface area contributed by atoms with Crippen LogP contribution < -0.4 is 10.5 Å². The zero-order valence-electron chi connectivity index (χ0n) is 14.1. The fraction of sp³-hybridized carbons (Fsp3) is 0.176. The Hall–Kier alpha value is -2.42. The Morgan fingerprint density at radius 3 is 2.42 bits per heavy atom. The molecule has 0 aliphatic heterocycles. The molecule has 0 heterocycles. The number of ether oxygens (including phenoxy) is 1. The van der Waals surface area contributed by atoms with Crippen LogP contribution in [0.15, 0.2) is 41.3 Å². The zero-order valence-corrected chi connectivity index (χ0v) is 15.6. The Kier molecular flexibility index (Phi) is 6.01. The summed E-state index contributed by atoms with van der Waals surface area (Å²) >= 11 is 5.75. The van der Waals surface area contributed by atoms with E-state index in [0.29, 0.717) is 5.69 Å². The topological polar surface area (TPSA) is 116 Å². The highest BCUT2D eigenvalue weighted by Gasteiger charge is 2.18. The molecule has 0 saturated heterocycles. The summed E-state index contributed by atoms with van der Waals surface area (Å²) < 4.78 is 27.7. The average molecular weight is 397 g/mol. The molecule has 0 aliphatic carbocycles. The van der Waals surface area contributed by atoms with Gasteiger partial charge in [0.25, 0.3) is 5.91 Å². The predicted octanol–water partition coefficient (Wildman–Crippen LogP) is 2.40. The lowest BCUT2D eigenvalue weighted by molar-refractivity contribution is -0.119. The molecule has 2 aromatic rings. The summed E-state index contributed by atoms with van der Waals surface area (Å²) in [6, 6.07) is 8.89. The van der Waals surface area contributed by atoms with Gasteiger partial charge in [-0.2, -0.15) is 0 Å². The minimum absolute atomic E-state index is 0.0857. The van der Waals surface area contributed by atoms with Gasteiger partial charge in [-0.15, -0.1) is 0 Å². The van der Waals surface area contributed by atoms with Gasteiger partial charge in [-0.3, -0.25) is 4.79 Å². The zero-order chi connectivity index (χ0) is 19.5. The quantitative estimate of drug-likeness (QED) is 0.753. The largest absolute Gasteiger partial charge is 0.452 e. The molecule has 3 N–H and O–H groups in total. The molecule has 9 heteroatoms. The molecule has 26 heavy (non-hydrogen) atoms. The van der Waals surface area contributed by atoms with E-state index in [1.807, 2.05) is 19.9 Å². The van der Waals surface area contributed by atoms with Gasteiger partial charge in [0.05, 0.1) is 10.6 Å². The SMILES string of the molecule is Cc1ccc(NC(=O)COC(=O)c2ccc(Cl)c(S(N)(=O)=O)c2)cc1C. The number of anilines is 1. The molecule has 2 rings (SSSR count). The lowest BCUT2D eigenvalue weighted by Gasteiger charge is -2.09. The van der Waals surface area contributed by atoms with Crippen molar-refractivity contribution in [3.8, 4) is 0 Å². The predicted molar refractivity (Wildman–Crippen MR) is 97.7 cm³/mol. The van der Waals surface area contributed by atoms with Crippen molar-refractivity contribution in [1.82, 2.24) is 0 Å². The molecule has 0 atom stereocenters. The van der Waals surface area contributed by atoms with Crippen LogP contribution in [0.3, 0.4) is 0 Å². The van der Waals surface area contributed by atoms with E-state index in [0.717, 1.165) is 17.2 Å². The van der Waals surface area contributed by atoms with Gasteiger partial charge >= 0.3 is 5.97 Å². The number of benzene rings is 2. The van der Waals surface area contributed by atoms with Gasteiger partial charge < -0.3 is 10.1 Å². The molecule has 0 spiro atoms. The number of hydrogen-bond donors (Lipinski definition) is 2. The van der Waals surface area contributed by atoms with E-state index in [1.165, 1.54) is 12.1 Å². The van der Waals surface area contributed by atoms with E-state index >= 15 is 0 Å². The Balaban J connectivity index is 2.02. The molecule has 138 valence electrons. The van der Waals surface area contributed by atoms with Crippen LogP contribution in [-0.2, 0) is 19.6 Å². The number of hydrogen-bond acceptors (Lipinski definition) is 5. The van der Waals surface area contributed by atoms with Crippen LogP contribution in [0.2, 0.25) is 5.02 Å². The van der Waals surface area contributed by atoms with E-state index in [9.17, 15) is 18.0 Å². The fourth-order valence-corrected chi connectivity index (χ4v) is 3.15. The van der Waals surface area contributed by atoms with Gasteiger partial charge in [0.15, 0.2) is 6.61 Å². The third kappa shape index (κ3) is 5.04. The second kappa shape index (κ2) is 7.86. The Morgan fingerprint density at radius 2 is 1.81 bits per heavy atom. The first kappa shape index (κ1) is 19.9. The summed E-state index contributed by atoms with van der Waals surface area (Å²) in [5.74, 6) is -1.40. The van der Waals surface area contributed by atoms with Crippen LogP contribution >= 0.6 is 11.6 Å². The van der Waals surface area contributed by atoms with Gasteiger partial charge in [0.2, 0.25) is 10.0 Å². The van der Waals surface area contributed by atoms with Crippen LogP contribution in [0, 0.1) is 13.8 Å². The number of carbonyl (C=O) groups is 2. The van der Waals surface area contributed by atoms with Gasteiger partial charge in [-0.1, -0.05) is 17.7 Å². The first-order valence-corrected chi connectivity index (χ1v) is 9.37. The number of nitrogens with two attached hydrogens (primary N) is 1. The van der Waals surface area contributed by atoms with E-state index in [4.69, 9.17) is 21.5 Å². The van der Waals surface area contributed by atoms with Crippen molar-refractivity contribution in [1.29, 1.82) is 0 Å². The minimum Gasteiger partial charge on any atom is -0.452 e. The van der Waals surface area contributed by atoms with Crippen LogP contribution in [0.4, 0.5) is 5.69 Å². The second-order valence-electron chi connectivity index (χ2n) is 5.61. The summed E-state index contributed by atoms with van der Waals surface area (Å²) in [4.78, 5) is 23.5.